The van der Waals surface area contributed by atoms with Crippen LogP contribution in [0.3, 0.4) is 0 Å². The van der Waals surface area contributed by atoms with E-state index in [2.05, 4.69) is 226 Å². The molecule has 1 unspecified atom stereocenters. The maximum atomic E-state index is 2.43. The SMILES string of the molecule is CC1(C)c2ccccc2-c2cc(-c3cccc(-c4cccc(CC(CCc5cccc(-c6ccccc6)c5)c5ccc(-c6ccc7sc8ccccc8c7c6)cc5)c4)c3)ccc21. The number of hydrogen-bond acceptors (Lipinski definition) is 1. The summed E-state index contributed by atoms with van der Waals surface area (Å²) in [4.78, 5) is 0. The summed E-state index contributed by atoms with van der Waals surface area (Å²) in [7, 11) is 0. The van der Waals surface area contributed by atoms with Crippen molar-refractivity contribution in [1.82, 2.24) is 0 Å². The Kier molecular flexibility index (Phi) is 9.79. The molecule has 0 N–H and O–H groups in total. The minimum Gasteiger partial charge on any atom is -0.135 e. The highest BCUT2D eigenvalue weighted by Gasteiger charge is 2.35. The first kappa shape index (κ1) is 38.1. The molecule has 0 amide bonds. The monoisotopic (exact) mass is 812 g/mol. The van der Waals surface area contributed by atoms with E-state index in [-0.39, 0.29) is 5.41 Å². The molecular weight excluding hydrogens is 765 g/mol. The number of hydrogen-bond donors (Lipinski definition) is 0. The Morgan fingerprint density at radius 2 is 0.935 bits per heavy atom. The zero-order valence-electron chi connectivity index (χ0n) is 35.3. The predicted molar refractivity (Wildman–Crippen MR) is 266 cm³/mol. The van der Waals surface area contributed by atoms with Gasteiger partial charge >= 0.3 is 0 Å². The van der Waals surface area contributed by atoms with Gasteiger partial charge in [0.15, 0.2) is 0 Å². The standard InChI is InChI=1S/C61H48S/c1-61(2)57-23-8-6-21-53(57)55-39-52(31-33-58(55)61)49-20-12-19-48(38-49)47-18-11-14-42(36-47)37-50(26-25-41-13-10-17-46(35-41)43-15-4-3-5-16-43)44-27-29-45(30-28-44)51-32-34-60-56(40-51)54-22-7-9-24-59(54)62-60/h3-24,27-36,38-40,50H,25-26,37H2,1-2H3. The van der Waals surface area contributed by atoms with Crippen molar-refractivity contribution >= 4 is 31.5 Å². The van der Waals surface area contributed by atoms with Gasteiger partial charge in [0, 0.05) is 25.6 Å². The molecule has 11 rings (SSSR count). The van der Waals surface area contributed by atoms with Gasteiger partial charge in [-0.15, -0.1) is 11.3 Å². The maximum absolute atomic E-state index is 2.43. The fourth-order valence-corrected chi connectivity index (χ4v) is 11.1. The Morgan fingerprint density at radius 1 is 0.387 bits per heavy atom. The van der Waals surface area contributed by atoms with Crippen molar-refractivity contribution in [2.45, 2.75) is 44.4 Å². The van der Waals surface area contributed by atoms with E-state index in [9.17, 15) is 0 Å². The van der Waals surface area contributed by atoms with Gasteiger partial charge in [0.1, 0.15) is 0 Å². The highest BCUT2D eigenvalue weighted by molar-refractivity contribution is 7.25. The molecule has 0 bridgehead atoms. The van der Waals surface area contributed by atoms with E-state index < -0.39 is 0 Å². The molecule has 10 aromatic rings. The lowest BCUT2D eigenvalue weighted by Gasteiger charge is -2.21. The minimum absolute atomic E-state index is 0.00751. The zero-order valence-corrected chi connectivity index (χ0v) is 36.1. The van der Waals surface area contributed by atoms with Crippen LogP contribution in [-0.2, 0) is 18.3 Å². The van der Waals surface area contributed by atoms with E-state index in [4.69, 9.17) is 0 Å². The maximum Gasteiger partial charge on any atom is 0.0355 e. The van der Waals surface area contributed by atoms with E-state index in [0.717, 1.165) is 19.3 Å². The molecule has 0 saturated heterocycles. The summed E-state index contributed by atoms with van der Waals surface area (Å²) in [6.45, 7) is 4.70. The highest BCUT2D eigenvalue weighted by Crippen LogP contribution is 2.49. The molecule has 0 fully saturated rings. The van der Waals surface area contributed by atoms with E-state index >= 15 is 0 Å². The molecule has 0 spiro atoms. The van der Waals surface area contributed by atoms with Gasteiger partial charge in [-0.05, 0) is 139 Å². The molecule has 1 aliphatic carbocycles. The molecule has 1 aliphatic rings. The Hall–Kier alpha value is -6.80. The lowest BCUT2D eigenvalue weighted by Crippen LogP contribution is -2.14. The second-order valence-corrected chi connectivity index (χ2v) is 18.7. The van der Waals surface area contributed by atoms with E-state index in [1.807, 2.05) is 11.3 Å². The summed E-state index contributed by atoms with van der Waals surface area (Å²) in [5.41, 5.74) is 19.8. The number of fused-ring (bicyclic) bond motifs is 6. The lowest BCUT2D eigenvalue weighted by atomic mass is 9.82. The third-order valence-electron chi connectivity index (χ3n) is 13.4. The van der Waals surface area contributed by atoms with E-state index in [1.165, 1.54) is 104 Å². The number of benzene rings is 9. The van der Waals surface area contributed by atoms with Crippen LogP contribution in [0.4, 0.5) is 0 Å². The Labute approximate surface area is 369 Å². The van der Waals surface area contributed by atoms with Crippen LogP contribution in [0.2, 0.25) is 0 Å². The fourth-order valence-electron chi connectivity index (χ4n) is 10.1. The third-order valence-corrected chi connectivity index (χ3v) is 14.6. The summed E-state index contributed by atoms with van der Waals surface area (Å²) in [6, 6.07) is 79.4. The predicted octanol–water partition coefficient (Wildman–Crippen LogP) is 17.0. The van der Waals surface area contributed by atoms with Crippen molar-refractivity contribution in [1.29, 1.82) is 0 Å². The van der Waals surface area contributed by atoms with Crippen LogP contribution >= 0.6 is 11.3 Å². The van der Waals surface area contributed by atoms with E-state index in [0.29, 0.717) is 5.92 Å². The van der Waals surface area contributed by atoms with Crippen LogP contribution in [0, 0.1) is 0 Å². The van der Waals surface area contributed by atoms with Crippen molar-refractivity contribution in [3.05, 3.63) is 240 Å². The van der Waals surface area contributed by atoms with Gasteiger partial charge in [-0.3, -0.25) is 0 Å². The summed E-state index contributed by atoms with van der Waals surface area (Å²) in [5.74, 6) is 0.354. The first-order valence-corrected chi connectivity index (χ1v) is 22.9. The minimum atomic E-state index is 0.00751. The molecule has 1 aromatic heterocycles. The van der Waals surface area contributed by atoms with Crippen molar-refractivity contribution < 1.29 is 0 Å². The molecule has 0 aliphatic heterocycles. The van der Waals surface area contributed by atoms with Crippen LogP contribution in [-0.4, -0.2) is 0 Å². The number of thiophene rings is 1. The molecular formula is C61H48S. The van der Waals surface area contributed by atoms with Gasteiger partial charge in [-0.1, -0.05) is 196 Å². The van der Waals surface area contributed by atoms with Crippen LogP contribution in [0.1, 0.15) is 54.0 Å². The quantitative estimate of drug-likeness (QED) is 0.129. The van der Waals surface area contributed by atoms with Crippen LogP contribution in [0.5, 0.6) is 0 Å². The zero-order chi connectivity index (χ0) is 41.6. The van der Waals surface area contributed by atoms with Crippen molar-refractivity contribution in [2.24, 2.45) is 0 Å². The van der Waals surface area contributed by atoms with Crippen LogP contribution in [0.25, 0.3) is 75.8 Å². The smallest absolute Gasteiger partial charge is 0.0355 e. The van der Waals surface area contributed by atoms with Crippen LogP contribution < -0.4 is 0 Å². The molecule has 0 radical (unpaired) electrons. The third kappa shape index (κ3) is 7.17. The summed E-state index contributed by atoms with van der Waals surface area (Å²) < 4.78 is 2.69. The molecule has 298 valence electrons. The Morgan fingerprint density at radius 3 is 1.76 bits per heavy atom. The normalized spacial score (nSPS) is 13.3. The van der Waals surface area contributed by atoms with Gasteiger partial charge in [-0.25, -0.2) is 0 Å². The molecule has 0 nitrogen and oxygen atoms in total. The largest absolute Gasteiger partial charge is 0.135 e. The topological polar surface area (TPSA) is 0 Å². The number of aryl methyl sites for hydroxylation is 1. The van der Waals surface area contributed by atoms with Gasteiger partial charge in [0.2, 0.25) is 0 Å². The molecule has 0 saturated carbocycles. The molecule has 1 heteroatoms. The second kappa shape index (κ2) is 15.9. The Bertz CT molecular complexity index is 3240. The lowest BCUT2D eigenvalue weighted by molar-refractivity contribution is 0.621. The summed E-state index contributed by atoms with van der Waals surface area (Å²) in [5, 5.41) is 2.69. The molecule has 1 heterocycles. The van der Waals surface area contributed by atoms with Gasteiger partial charge in [-0.2, -0.15) is 0 Å². The fraction of sp³-hybridized carbons (Fsp3) is 0.115. The average molecular weight is 813 g/mol. The number of rotatable bonds is 10. The molecule has 1 atom stereocenters. The van der Waals surface area contributed by atoms with Crippen molar-refractivity contribution in [3.8, 4) is 55.6 Å². The Balaban J connectivity index is 0.893. The van der Waals surface area contributed by atoms with Crippen molar-refractivity contribution in [3.63, 3.8) is 0 Å². The van der Waals surface area contributed by atoms with Crippen LogP contribution in [0.15, 0.2) is 212 Å². The van der Waals surface area contributed by atoms with Crippen molar-refractivity contribution in [2.75, 3.05) is 0 Å². The summed E-state index contributed by atoms with van der Waals surface area (Å²) in [6.07, 6.45) is 3.04. The first-order chi connectivity index (χ1) is 30.4. The molecule has 62 heavy (non-hydrogen) atoms. The average Bonchev–Trinajstić information content (AvgIpc) is 3.82. The molecule has 9 aromatic carbocycles. The summed E-state index contributed by atoms with van der Waals surface area (Å²) >= 11 is 1.88. The first-order valence-electron chi connectivity index (χ1n) is 22.0. The van der Waals surface area contributed by atoms with Gasteiger partial charge < -0.3 is 0 Å². The van der Waals surface area contributed by atoms with Gasteiger partial charge in [0.05, 0.1) is 0 Å². The van der Waals surface area contributed by atoms with Gasteiger partial charge in [0.25, 0.3) is 0 Å². The van der Waals surface area contributed by atoms with E-state index in [1.54, 1.807) is 0 Å². The highest BCUT2D eigenvalue weighted by atomic mass is 32.1. The second-order valence-electron chi connectivity index (χ2n) is 17.6.